The third-order valence-electron chi connectivity index (χ3n) is 1.56. The van der Waals surface area contributed by atoms with Crippen LogP contribution in [0, 0.1) is 0 Å². The molecule has 86 valence electrons. The molecule has 0 bridgehead atoms. The van der Waals surface area contributed by atoms with Gasteiger partial charge in [-0.1, -0.05) is 0 Å². The fourth-order valence-corrected chi connectivity index (χ4v) is 1.94. The Bertz CT molecular complexity index is 411. The van der Waals surface area contributed by atoms with Crippen molar-refractivity contribution in [2.45, 2.75) is 11.2 Å². The summed E-state index contributed by atoms with van der Waals surface area (Å²) in [6, 6.07) is 0. The van der Waals surface area contributed by atoms with Gasteiger partial charge in [-0.3, -0.25) is 0 Å². The summed E-state index contributed by atoms with van der Waals surface area (Å²) < 4.78 is 58.9. The van der Waals surface area contributed by atoms with Crippen LogP contribution in [0.3, 0.4) is 0 Å². The third-order valence-corrected chi connectivity index (χ3v) is 3.29. The molecule has 1 aromatic rings. The van der Waals surface area contributed by atoms with Crippen molar-refractivity contribution in [1.29, 1.82) is 0 Å². The minimum absolute atomic E-state index is 0.209. The number of rotatable bonds is 3. The molecule has 0 aromatic carbocycles. The van der Waals surface area contributed by atoms with Crippen LogP contribution in [0.2, 0.25) is 0 Å². The van der Waals surface area contributed by atoms with Gasteiger partial charge in [-0.05, 0) is 0 Å². The van der Waals surface area contributed by atoms with Gasteiger partial charge in [-0.25, -0.2) is 13.4 Å². The van der Waals surface area contributed by atoms with Gasteiger partial charge in [0, 0.05) is 7.05 Å². The van der Waals surface area contributed by atoms with E-state index in [1.807, 2.05) is 0 Å². The Kier molecular flexibility index (Phi) is 3.05. The van der Waals surface area contributed by atoms with Crippen LogP contribution in [-0.4, -0.2) is 42.5 Å². The Balaban J connectivity index is 2.89. The zero-order valence-corrected chi connectivity index (χ0v) is 8.43. The van der Waals surface area contributed by atoms with Gasteiger partial charge in [0.2, 0.25) is 0 Å². The first-order chi connectivity index (χ1) is 6.73. The normalized spacial score (nSPS) is 13.4. The molecule has 0 unspecified atom stereocenters. The molecule has 0 spiro atoms. The van der Waals surface area contributed by atoms with Gasteiger partial charge >= 0.3 is 6.18 Å². The second kappa shape index (κ2) is 3.81. The quantitative estimate of drug-likeness (QED) is 0.845. The molecule has 0 amide bonds. The molecule has 1 heterocycles. The van der Waals surface area contributed by atoms with Crippen molar-refractivity contribution in [3.63, 3.8) is 0 Å². The van der Waals surface area contributed by atoms with Gasteiger partial charge in [0.05, 0.1) is 12.5 Å². The molecule has 0 fully saturated rings. The fraction of sp³-hybridized carbons (Fsp3) is 0.500. The van der Waals surface area contributed by atoms with E-state index in [4.69, 9.17) is 0 Å². The molecule has 1 N–H and O–H groups in total. The first-order valence-corrected chi connectivity index (χ1v) is 5.19. The standard InChI is InChI=1S/C6H8F3N3O2S/c1-12(3-6(7,8)9)15(13,14)5-2-10-4-11-5/h2,4H,3H2,1H3,(H,10,11). The lowest BCUT2D eigenvalue weighted by Gasteiger charge is -2.17. The van der Waals surface area contributed by atoms with Crippen molar-refractivity contribution in [1.82, 2.24) is 14.3 Å². The highest BCUT2D eigenvalue weighted by atomic mass is 32.2. The van der Waals surface area contributed by atoms with Crippen molar-refractivity contribution in [3.8, 4) is 0 Å². The van der Waals surface area contributed by atoms with Gasteiger partial charge in [-0.15, -0.1) is 0 Å². The van der Waals surface area contributed by atoms with Crippen LogP contribution in [0.4, 0.5) is 13.2 Å². The lowest BCUT2D eigenvalue weighted by atomic mass is 10.6. The van der Waals surface area contributed by atoms with Crippen LogP contribution in [0.25, 0.3) is 0 Å². The Labute approximate surface area is 84.0 Å². The molecular formula is C6H8F3N3O2S. The zero-order chi connectivity index (χ0) is 11.7. The summed E-state index contributed by atoms with van der Waals surface area (Å²) in [4.78, 5) is 5.66. The first kappa shape index (κ1) is 12.0. The van der Waals surface area contributed by atoms with Crippen LogP contribution in [0.5, 0.6) is 0 Å². The average Bonchev–Trinajstić information content (AvgIpc) is 2.52. The minimum atomic E-state index is -4.57. The Morgan fingerprint density at radius 2 is 2.13 bits per heavy atom. The molecule has 5 nitrogen and oxygen atoms in total. The van der Waals surface area contributed by atoms with E-state index in [9.17, 15) is 21.6 Å². The number of aromatic amines is 1. The van der Waals surface area contributed by atoms with Crippen molar-refractivity contribution in [2.75, 3.05) is 13.6 Å². The van der Waals surface area contributed by atoms with E-state index in [1.54, 1.807) is 0 Å². The van der Waals surface area contributed by atoms with Gasteiger partial charge in [-0.2, -0.15) is 17.5 Å². The van der Waals surface area contributed by atoms with E-state index in [0.29, 0.717) is 0 Å². The summed E-state index contributed by atoms with van der Waals surface area (Å²) in [6.45, 7) is -1.53. The van der Waals surface area contributed by atoms with Crippen molar-refractivity contribution >= 4 is 10.0 Å². The van der Waals surface area contributed by atoms with Crippen LogP contribution in [0.1, 0.15) is 0 Å². The maximum atomic E-state index is 11.9. The number of H-pyrrole nitrogens is 1. The highest BCUT2D eigenvalue weighted by Crippen LogP contribution is 2.19. The van der Waals surface area contributed by atoms with Crippen molar-refractivity contribution in [3.05, 3.63) is 12.5 Å². The van der Waals surface area contributed by atoms with Gasteiger partial charge in [0.1, 0.15) is 6.54 Å². The van der Waals surface area contributed by atoms with E-state index in [0.717, 1.165) is 19.6 Å². The minimum Gasteiger partial charge on any atom is -0.335 e. The fourth-order valence-electron chi connectivity index (χ4n) is 0.890. The highest BCUT2D eigenvalue weighted by Gasteiger charge is 2.35. The first-order valence-electron chi connectivity index (χ1n) is 3.75. The second-order valence-corrected chi connectivity index (χ2v) is 4.81. The largest absolute Gasteiger partial charge is 0.402 e. The number of nitrogens with zero attached hydrogens (tertiary/aromatic N) is 2. The number of sulfonamides is 1. The lowest BCUT2D eigenvalue weighted by Crippen LogP contribution is -2.35. The van der Waals surface area contributed by atoms with Crippen LogP contribution in [0.15, 0.2) is 17.6 Å². The van der Waals surface area contributed by atoms with E-state index in [-0.39, 0.29) is 9.33 Å². The predicted octanol–water partition coefficient (Wildman–Crippen LogP) is 0.593. The lowest BCUT2D eigenvalue weighted by molar-refractivity contribution is -0.134. The van der Waals surface area contributed by atoms with Crippen molar-refractivity contribution in [2.24, 2.45) is 0 Å². The van der Waals surface area contributed by atoms with E-state index in [2.05, 4.69) is 9.97 Å². The number of halogens is 3. The summed E-state index contributed by atoms with van der Waals surface area (Å²) in [5.74, 6) is 0. The average molecular weight is 243 g/mol. The molecule has 1 rings (SSSR count). The van der Waals surface area contributed by atoms with Crippen molar-refractivity contribution < 1.29 is 21.6 Å². The number of hydrogen-bond donors (Lipinski definition) is 1. The third kappa shape index (κ3) is 2.93. The highest BCUT2D eigenvalue weighted by molar-refractivity contribution is 7.89. The molecule has 1 aromatic heterocycles. The topological polar surface area (TPSA) is 66.1 Å². The van der Waals surface area contributed by atoms with Gasteiger partial charge in [0.25, 0.3) is 10.0 Å². The number of aromatic nitrogens is 2. The SMILES string of the molecule is CN(CC(F)(F)F)S(=O)(=O)c1cnc[nH]1. The second-order valence-electron chi connectivity index (χ2n) is 2.79. The molecule has 15 heavy (non-hydrogen) atoms. The Morgan fingerprint density at radius 1 is 1.53 bits per heavy atom. The predicted molar refractivity (Wildman–Crippen MR) is 44.5 cm³/mol. The van der Waals surface area contributed by atoms with Crippen LogP contribution < -0.4 is 0 Å². The number of hydrogen-bond acceptors (Lipinski definition) is 3. The van der Waals surface area contributed by atoms with Gasteiger partial charge < -0.3 is 4.98 Å². The molecular weight excluding hydrogens is 235 g/mol. The summed E-state index contributed by atoms with van der Waals surface area (Å²) >= 11 is 0. The molecule has 0 saturated carbocycles. The molecule has 0 aliphatic heterocycles. The molecule has 0 radical (unpaired) electrons. The summed E-state index contributed by atoms with van der Waals surface area (Å²) in [6.07, 6.45) is -2.54. The van der Waals surface area contributed by atoms with Crippen LogP contribution in [-0.2, 0) is 10.0 Å². The summed E-state index contributed by atoms with van der Waals surface area (Å²) in [5.41, 5.74) is 0. The van der Waals surface area contributed by atoms with E-state index in [1.165, 1.54) is 0 Å². The molecule has 0 atom stereocenters. The number of alkyl halides is 3. The van der Waals surface area contributed by atoms with E-state index < -0.39 is 22.7 Å². The smallest absolute Gasteiger partial charge is 0.335 e. The number of imidazole rings is 1. The summed E-state index contributed by atoms with van der Waals surface area (Å²) in [5, 5.41) is -0.366. The molecule has 0 aliphatic carbocycles. The Hall–Kier alpha value is -1.09. The molecule has 0 aliphatic rings. The van der Waals surface area contributed by atoms with Crippen LogP contribution >= 0.6 is 0 Å². The molecule has 0 saturated heterocycles. The zero-order valence-electron chi connectivity index (χ0n) is 7.61. The maximum absolute atomic E-state index is 11.9. The number of nitrogens with one attached hydrogen (secondary N) is 1. The van der Waals surface area contributed by atoms with Gasteiger partial charge in [0.15, 0.2) is 5.03 Å². The monoisotopic (exact) mass is 243 g/mol. The molecule has 9 heteroatoms. The maximum Gasteiger partial charge on any atom is 0.402 e. The Morgan fingerprint density at radius 3 is 2.53 bits per heavy atom. The van der Waals surface area contributed by atoms with E-state index >= 15 is 0 Å². The summed E-state index contributed by atoms with van der Waals surface area (Å²) in [7, 11) is -3.28.